The lowest BCUT2D eigenvalue weighted by Gasteiger charge is -2.08. The van der Waals surface area contributed by atoms with E-state index in [9.17, 15) is 13.2 Å². The molecule has 5 nitrogen and oxygen atoms in total. The Morgan fingerprint density at radius 2 is 2.12 bits per heavy atom. The second-order valence-electron chi connectivity index (χ2n) is 4.26. The maximum Gasteiger partial charge on any atom is 0.224 e. The van der Waals surface area contributed by atoms with Gasteiger partial charge in [0.15, 0.2) is 9.84 Å². The van der Waals surface area contributed by atoms with Gasteiger partial charge in [-0.25, -0.2) is 8.42 Å². The zero-order valence-corrected chi connectivity index (χ0v) is 10.1. The van der Waals surface area contributed by atoms with E-state index >= 15 is 0 Å². The number of amides is 1. The molecule has 1 aliphatic heterocycles. The van der Waals surface area contributed by atoms with Crippen LogP contribution in [0.2, 0.25) is 0 Å². The number of anilines is 1. The summed E-state index contributed by atoms with van der Waals surface area (Å²) in [5.74, 6) is 0.164. The van der Waals surface area contributed by atoms with E-state index in [2.05, 4.69) is 10.3 Å². The Labute approximate surface area is 100 Å². The fourth-order valence-electron chi connectivity index (χ4n) is 1.94. The number of rotatable bonds is 3. The van der Waals surface area contributed by atoms with Crippen molar-refractivity contribution in [2.75, 3.05) is 16.8 Å². The van der Waals surface area contributed by atoms with Crippen molar-refractivity contribution in [2.45, 2.75) is 12.8 Å². The maximum atomic E-state index is 11.7. The Bertz CT molecular complexity index is 499. The van der Waals surface area contributed by atoms with Crippen molar-refractivity contribution in [1.82, 2.24) is 4.98 Å². The first-order valence-electron chi connectivity index (χ1n) is 5.45. The second-order valence-corrected chi connectivity index (χ2v) is 6.49. The van der Waals surface area contributed by atoms with E-state index in [-0.39, 0.29) is 29.8 Å². The Hall–Kier alpha value is -1.43. The van der Waals surface area contributed by atoms with Crippen molar-refractivity contribution in [3.05, 3.63) is 24.5 Å². The predicted molar refractivity (Wildman–Crippen MR) is 64.2 cm³/mol. The highest BCUT2D eigenvalue weighted by atomic mass is 32.2. The largest absolute Gasteiger partial charge is 0.326 e. The summed E-state index contributed by atoms with van der Waals surface area (Å²) >= 11 is 0. The van der Waals surface area contributed by atoms with Gasteiger partial charge in [0, 0.05) is 24.5 Å². The van der Waals surface area contributed by atoms with Gasteiger partial charge < -0.3 is 5.32 Å². The summed E-state index contributed by atoms with van der Waals surface area (Å²) in [6.45, 7) is 0. The number of sulfone groups is 1. The van der Waals surface area contributed by atoms with Gasteiger partial charge in [-0.2, -0.15) is 0 Å². The number of hydrogen-bond donors (Lipinski definition) is 1. The minimum Gasteiger partial charge on any atom is -0.326 e. The Kier molecular flexibility index (Phi) is 3.42. The molecule has 1 amide bonds. The van der Waals surface area contributed by atoms with Crippen molar-refractivity contribution < 1.29 is 13.2 Å². The van der Waals surface area contributed by atoms with Gasteiger partial charge in [0.05, 0.1) is 11.5 Å². The van der Waals surface area contributed by atoms with Crippen molar-refractivity contribution in [3.63, 3.8) is 0 Å². The molecule has 0 bridgehead atoms. The van der Waals surface area contributed by atoms with E-state index in [0.717, 1.165) is 0 Å². The van der Waals surface area contributed by atoms with Crippen molar-refractivity contribution in [3.8, 4) is 0 Å². The van der Waals surface area contributed by atoms with Crippen LogP contribution in [0, 0.1) is 5.92 Å². The molecular formula is C11H14N2O3S. The van der Waals surface area contributed by atoms with Crippen LogP contribution in [0.25, 0.3) is 0 Å². The van der Waals surface area contributed by atoms with Crippen LogP contribution >= 0.6 is 0 Å². The highest BCUT2D eigenvalue weighted by Gasteiger charge is 2.29. The van der Waals surface area contributed by atoms with E-state index in [1.807, 2.05) is 0 Å². The van der Waals surface area contributed by atoms with Gasteiger partial charge >= 0.3 is 0 Å². The average Bonchev–Trinajstić information content (AvgIpc) is 2.59. The van der Waals surface area contributed by atoms with Crippen LogP contribution in [0.3, 0.4) is 0 Å². The van der Waals surface area contributed by atoms with Gasteiger partial charge in [-0.1, -0.05) is 0 Å². The molecule has 1 aliphatic rings. The van der Waals surface area contributed by atoms with Crippen LogP contribution in [0.5, 0.6) is 0 Å². The zero-order valence-electron chi connectivity index (χ0n) is 9.30. The Morgan fingerprint density at radius 3 is 2.71 bits per heavy atom. The molecule has 1 fully saturated rings. The molecule has 0 aliphatic carbocycles. The topological polar surface area (TPSA) is 76.1 Å². The number of aromatic nitrogens is 1. The van der Waals surface area contributed by atoms with E-state index in [1.54, 1.807) is 24.5 Å². The van der Waals surface area contributed by atoms with E-state index in [1.165, 1.54) is 0 Å². The lowest BCUT2D eigenvalue weighted by Crippen LogP contribution is -2.17. The molecule has 1 unspecified atom stereocenters. The van der Waals surface area contributed by atoms with Crippen LogP contribution in [0.15, 0.2) is 24.5 Å². The lowest BCUT2D eigenvalue weighted by atomic mass is 10.1. The summed E-state index contributed by atoms with van der Waals surface area (Å²) in [5.41, 5.74) is 0.686. The predicted octanol–water partition coefficient (Wildman–Crippen LogP) is 0.845. The molecule has 2 rings (SSSR count). The number of nitrogens with one attached hydrogen (secondary N) is 1. The summed E-state index contributed by atoms with van der Waals surface area (Å²) < 4.78 is 22.5. The Balaban J connectivity index is 1.87. The molecule has 2 heterocycles. The molecule has 92 valence electrons. The molecule has 0 radical (unpaired) electrons. The summed E-state index contributed by atoms with van der Waals surface area (Å²) in [5, 5.41) is 2.72. The van der Waals surface area contributed by atoms with Gasteiger partial charge in [0.25, 0.3) is 0 Å². The third kappa shape index (κ3) is 3.52. The van der Waals surface area contributed by atoms with Crippen molar-refractivity contribution in [2.24, 2.45) is 5.92 Å². The number of carbonyl (C=O) groups is 1. The molecular weight excluding hydrogens is 240 g/mol. The SMILES string of the molecule is O=C(CC1CCS(=O)(=O)C1)Nc1ccncc1. The number of carbonyl (C=O) groups excluding carboxylic acids is 1. The first kappa shape index (κ1) is 12.0. The van der Waals surface area contributed by atoms with E-state index in [0.29, 0.717) is 12.1 Å². The van der Waals surface area contributed by atoms with Gasteiger partial charge in [-0.05, 0) is 24.5 Å². The van der Waals surface area contributed by atoms with Gasteiger partial charge in [0.2, 0.25) is 5.91 Å². The average molecular weight is 254 g/mol. The minimum atomic E-state index is -2.90. The first-order chi connectivity index (χ1) is 8.05. The molecule has 1 saturated heterocycles. The quantitative estimate of drug-likeness (QED) is 0.867. The summed E-state index contributed by atoms with van der Waals surface area (Å²) in [7, 11) is -2.90. The molecule has 1 aromatic heterocycles. The molecule has 1 atom stereocenters. The monoisotopic (exact) mass is 254 g/mol. The molecule has 1 aromatic rings. The molecule has 0 saturated carbocycles. The lowest BCUT2D eigenvalue weighted by molar-refractivity contribution is -0.116. The summed E-state index contributed by atoms with van der Waals surface area (Å²) in [6, 6.07) is 3.40. The normalized spacial score (nSPS) is 22.2. The van der Waals surface area contributed by atoms with Crippen LogP contribution in [-0.2, 0) is 14.6 Å². The van der Waals surface area contributed by atoms with Crippen LogP contribution in [-0.4, -0.2) is 30.8 Å². The maximum absolute atomic E-state index is 11.7. The standard InChI is InChI=1S/C11H14N2O3S/c14-11(13-10-1-4-12-5-2-10)7-9-3-6-17(15,16)8-9/h1-2,4-5,9H,3,6-8H2,(H,12,13,14). The van der Waals surface area contributed by atoms with Crippen molar-refractivity contribution >= 4 is 21.4 Å². The van der Waals surface area contributed by atoms with Gasteiger partial charge in [-0.3, -0.25) is 9.78 Å². The highest BCUT2D eigenvalue weighted by Crippen LogP contribution is 2.22. The molecule has 17 heavy (non-hydrogen) atoms. The summed E-state index contributed by atoms with van der Waals surface area (Å²) in [4.78, 5) is 15.5. The zero-order chi connectivity index (χ0) is 12.3. The minimum absolute atomic E-state index is 0.0400. The second kappa shape index (κ2) is 4.83. The molecule has 0 aromatic carbocycles. The van der Waals surface area contributed by atoms with E-state index in [4.69, 9.17) is 0 Å². The summed E-state index contributed by atoms with van der Waals surface area (Å²) in [6.07, 6.45) is 4.04. The van der Waals surface area contributed by atoms with Gasteiger partial charge in [0.1, 0.15) is 0 Å². The number of hydrogen-bond acceptors (Lipinski definition) is 4. The fourth-order valence-corrected chi connectivity index (χ4v) is 3.80. The van der Waals surface area contributed by atoms with Crippen molar-refractivity contribution in [1.29, 1.82) is 0 Å². The molecule has 1 N–H and O–H groups in total. The Morgan fingerprint density at radius 1 is 1.41 bits per heavy atom. The molecule has 0 spiro atoms. The molecule has 6 heteroatoms. The third-order valence-corrected chi connectivity index (χ3v) is 4.60. The highest BCUT2D eigenvalue weighted by molar-refractivity contribution is 7.91. The number of nitrogens with zero attached hydrogens (tertiary/aromatic N) is 1. The third-order valence-electron chi connectivity index (χ3n) is 2.76. The smallest absolute Gasteiger partial charge is 0.224 e. The van der Waals surface area contributed by atoms with Crippen LogP contribution in [0.4, 0.5) is 5.69 Å². The van der Waals surface area contributed by atoms with Crippen LogP contribution < -0.4 is 5.32 Å². The fraction of sp³-hybridized carbons (Fsp3) is 0.455. The number of pyridine rings is 1. The first-order valence-corrected chi connectivity index (χ1v) is 7.27. The van der Waals surface area contributed by atoms with Crippen LogP contribution in [0.1, 0.15) is 12.8 Å². The van der Waals surface area contributed by atoms with E-state index < -0.39 is 9.84 Å². The van der Waals surface area contributed by atoms with Gasteiger partial charge in [-0.15, -0.1) is 0 Å².